The second-order valence-electron chi connectivity index (χ2n) is 5.99. The van der Waals surface area contributed by atoms with Crippen LogP contribution in [0, 0.1) is 5.82 Å². The van der Waals surface area contributed by atoms with Crippen molar-refractivity contribution >= 4 is 29.5 Å². The van der Waals surface area contributed by atoms with Crippen molar-refractivity contribution in [3.05, 3.63) is 77.5 Å². The molecule has 0 fully saturated rings. The number of hydrogen-bond donors (Lipinski definition) is 2. The molecule has 8 heteroatoms. The van der Waals surface area contributed by atoms with Gasteiger partial charge >= 0.3 is 5.97 Å². The van der Waals surface area contributed by atoms with E-state index in [0.29, 0.717) is 11.5 Å². The van der Waals surface area contributed by atoms with Gasteiger partial charge in [0.25, 0.3) is 0 Å². The van der Waals surface area contributed by atoms with Crippen LogP contribution >= 0.6 is 11.8 Å². The van der Waals surface area contributed by atoms with E-state index in [4.69, 9.17) is 5.11 Å². The molecule has 1 amide bonds. The lowest BCUT2D eigenvalue weighted by Gasteiger charge is -2.18. The molecule has 27 heavy (non-hydrogen) atoms. The number of nitrogens with one attached hydrogen (secondary N) is 1. The van der Waals surface area contributed by atoms with Gasteiger partial charge in [0.15, 0.2) is 5.82 Å². The highest BCUT2D eigenvalue weighted by Crippen LogP contribution is 2.42. The number of amides is 1. The summed E-state index contributed by atoms with van der Waals surface area (Å²) < 4.78 is 15.1. The van der Waals surface area contributed by atoms with Crippen LogP contribution in [0.5, 0.6) is 0 Å². The van der Waals surface area contributed by atoms with Gasteiger partial charge in [0.2, 0.25) is 5.91 Å². The molecule has 6 nitrogen and oxygen atoms in total. The van der Waals surface area contributed by atoms with E-state index in [0.717, 1.165) is 11.3 Å². The predicted molar refractivity (Wildman–Crippen MR) is 99.9 cm³/mol. The fourth-order valence-electron chi connectivity index (χ4n) is 2.97. The molecule has 2 aromatic carbocycles. The first kappa shape index (κ1) is 17.3. The number of carbonyl (C=O) groups excluding carboxylic acids is 1. The van der Waals surface area contributed by atoms with Crippen LogP contribution < -0.4 is 5.32 Å². The minimum atomic E-state index is -0.996. The summed E-state index contributed by atoms with van der Waals surface area (Å²) in [5.41, 5.74) is 2.51. The van der Waals surface area contributed by atoms with E-state index in [9.17, 15) is 14.0 Å². The third-order valence-corrected chi connectivity index (χ3v) is 5.51. The summed E-state index contributed by atoms with van der Waals surface area (Å²) in [4.78, 5) is 27.5. The van der Waals surface area contributed by atoms with Gasteiger partial charge in [0, 0.05) is 5.69 Å². The van der Waals surface area contributed by atoms with E-state index >= 15 is 0 Å². The first-order valence-electron chi connectivity index (χ1n) is 8.11. The van der Waals surface area contributed by atoms with Gasteiger partial charge in [-0.3, -0.25) is 9.36 Å². The van der Waals surface area contributed by atoms with E-state index in [1.165, 1.54) is 36.0 Å². The summed E-state index contributed by atoms with van der Waals surface area (Å²) >= 11 is 1.42. The van der Waals surface area contributed by atoms with E-state index in [1.807, 2.05) is 4.57 Å². The molecule has 1 aromatic heterocycles. The van der Waals surface area contributed by atoms with E-state index in [1.54, 1.807) is 30.6 Å². The second-order valence-corrected chi connectivity index (χ2v) is 7.08. The highest BCUT2D eigenvalue weighted by molar-refractivity contribution is 8.00. The Morgan fingerprint density at radius 2 is 1.89 bits per heavy atom. The van der Waals surface area contributed by atoms with Crippen molar-refractivity contribution < 1.29 is 19.1 Å². The van der Waals surface area contributed by atoms with E-state index in [2.05, 4.69) is 10.3 Å². The monoisotopic (exact) mass is 383 g/mol. The van der Waals surface area contributed by atoms with Crippen molar-refractivity contribution in [2.45, 2.75) is 5.25 Å². The summed E-state index contributed by atoms with van der Waals surface area (Å²) in [5, 5.41) is 11.7. The minimum Gasteiger partial charge on any atom is -0.478 e. The summed E-state index contributed by atoms with van der Waals surface area (Å²) in [7, 11) is 0. The normalized spacial score (nSPS) is 16.3. The molecule has 136 valence electrons. The van der Waals surface area contributed by atoms with Crippen molar-refractivity contribution in [3.63, 3.8) is 0 Å². The Labute approximate surface area is 158 Å². The third-order valence-electron chi connectivity index (χ3n) is 4.26. The zero-order chi connectivity index (χ0) is 19.0. The van der Waals surface area contributed by atoms with Crippen LogP contribution in [0.25, 0.3) is 5.69 Å². The maximum Gasteiger partial charge on any atom is 0.335 e. The topological polar surface area (TPSA) is 84.2 Å². The number of carbonyl (C=O) groups is 2. The number of carboxylic acids is 1. The summed E-state index contributed by atoms with van der Waals surface area (Å²) in [6.45, 7) is 0. The van der Waals surface area contributed by atoms with E-state index in [-0.39, 0.29) is 28.3 Å². The van der Waals surface area contributed by atoms with Crippen molar-refractivity contribution in [1.82, 2.24) is 9.55 Å². The predicted octanol–water partition coefficient (Wildman–Crippen LogP) is 3.48. The lowest BCUT2D eigenvalue weighted by molar-refractivity contribution is -0.113. The highest BCUT2D eigenvalue weighted by atomic mass is 32.2. The van der Waals surface area contributed by atoms with Crippen molar-refractivity contribution in [2.24, 2.45) is 0 Å². The average Bonchev–Trinajstić information content (AvgIpc) is 2.98. The summed E-state index contributed by atoms with van der Waals surface area (Å²) in [5.74, 6) is -0.806. The van der Waals surface area contributed by atoms with Gasteiger partial charge in [-0.2, -0.15) is 0 Å². The first-order valence-corrected chi connectivity index (χ1v) is 9.15. The van der Waals surface area contributed by atoms with Gasteiger partial charge in [0.05, 0.1) is 22.3 Å². The maximum absolute atomic E-state index is 13.3. The number of hydrogen-bond acceptors (Lipinski definition) is 4. The first-order chi connectivity index (χ1) is 13.0. The molecule has 0 radical (unpaired) electrons. The number of aromatic nitrogens is 2. The van der Waals surface area contributed by atoms with Gasteiger partial charge in [-0.1, -0.05) is 12.1 Å². The number of carboxylic acid groups (broad SMARTS) is 1. The fourth-order valence-corrected chi connectivity index (χ4v) is 4.10. The molecule has 4 rings (SSSR count). The molecule has 2 N–H and O–H groups in total. The molecule has 3 aromatic rings. The fraction of sp³-hybridized carbons (Fsp3) is 0.105. The molecule has 0 spiro atoms. The Morgan fingerprint density at radius 3 is 2.56 bits per heavy atom. The number of thioether (sulfide) groups is 1. The Kier molecular flexibility index (Phi) is 4.41. The smallest absolute Gasteiger partial charge is 0.335 e. The van der Waals surface area contributed by atoms with Crippen LogP contribution in [-0.2, 0) is 4.79 Å². The standard InChI is InChI=1S/C19H14FN3O3S/c20-13-5-7-14(8-6-13)23-10-21-18-16(23)17(27-9-15(24)22-18)11-1-3-12(4-2-11)19(25)26/h1-8,10,17H,9H2,(H,22,24)(H,25,26)/t17-/m1/s1. The Morgan fingerprint density at radius 1 is 1.19 bits per heavy atom. The quantitative estimate of drug-likeness (QED) is 0.723. The number of anilines is 1. The highest BCUT2D eigenvalue weighted by Gasteiger charge is 2.29. The van der Waals surface area contributed by atoms with Crippen LogP contribution in [0.2, 0.25) is 0 Å². The molecule has 0 saturated carbocycles. The third kappa shape index (κ3) is 3.31. The number of rotatable bonds is 3. The second kappa shape index (κ2) is 6.88. The maximum atomic E-state index is 13.3. The van der Waals surface area contributed by atoms with Crippen molar-refractivity contribution in [1.29, 1.82) is 0 Å². The molecule has 0 bridgehead atoms. The number of aromatic carboxylic acids is 1. The molecular formula is C19H14FN3O3S. The molecule has 0 aliphatic carbocycles. The average molecular weight is 383 g/mol. The number of nitrogens with zero attached hydrogens (tertiary/aromatic N) is 2. The number of fused-ring (bicyclic) bond motifs is 1. The lowest BCUT2D eigenvalue weighted by atomic mass is 10.1. The number of halogens is 1. The van der Waals surface area contributed by atoms with Gasteiger partial charge in [0.1, 0.15) is 12.1 Å². The molecular weight excluding hydrogens is 369 g/mol. The number of benzene rings is 2. The van der Waals surface area contributed by atoms with Gasteiger partial charge < -0.3 is 10.4 Å². The molecule has 1 atom stereocenters. The minimum absolute atomic E-state index is 0.157. The van der Waals surface area contributed by atoms with Gasteiger partial charge in [-0.25, -0.2) is 14.2 Å². The Hall–Kier alpha value is -3.13. The molecule has 0 unspecified atom stereocenters. The molecule has 0 saturated heterocycles. The number of imidazole rings is 1. The Balaban J connectivity index is 1.82. The summed E-state index contributed by atoms with van der Waals surface area (Å²) in [6, 6.07) is 12.6. The van der Waals surface area contributed by atoms with Crippen molar-refractivity contribution in [2.75, 3.05) is 11.1 Å². The molecule has 2 heterocycles. The lowest BCUT2D eigenvalue weighted by Crippen LogP contribution is -2.12. The largest absolute Gasteiger partial charge is 0.478 e. The SMILES string of the molecule is O=C1CS[C@H](c2ccc(C(=O)O)cc2)c2c(ncn2-c2ccc(F)cc2)N1. The van der Waals surface area contributed by atoms with Gasteiger partial charge in [-0.05, 0) is 42.0 Å². The van der Waals surface area contributed by atoms with Gasteiger partial charge in [-0.15, -0.1) is 11.8 Å². The van der Waals surface area contributed by atoms with E-state index < -0.39 is 5.97 Å². The van der Waals surface area contributed by atoms with Crippen LogP contribution in [-0.4, -0.2) is 32.3 Å². The Bertz CT molecular complexity index is 1020. The van der Waals surface area contributed by atoms with Crippen LogP contribution in [0.15, 0.2) is 54.9 Å². The molecule has 1 aliphatic heterocycles. The summed E-state index contributed by atoms with van der Waals surface area (Å²) in [6.07, 6.45) is 1.59. The van der Waals surface area contributed by atoms with Crippen LogP contribution in [0.1, 0.15) is 26.9 Å². The molecule has 1 aliphatic rings. The van der Waals surface area contributed by atoms with Crippen LogP contribution in [0.4, 0.5) is 10.2 Å². The zero-order valence-corrected chi connectivity index (χ0v) is 14.7. The van der Waals surface area contributed by atoms with Crippen LogP contribution in [0.3, 0.4) is 0 Å². The van der Waals surface area contributed by atoms with Crippen molar-refractivity contribution in [3.8, 4) is 5.69 Å². The zero-order valence-electron chi connectivity index (χ0n) is 13.9.